The van der Waals surface area contributed by atoms with Gasteiger partial charge in [0.25, 0.3) is 0 Å². The number of hydrogen-bond donors (Lipinski definition) is 0. The van der Waals surface area contributed by atoms with Gasteiger partial charge in [0.05, 0.1) is 12.7 Å². The Morgan fingerprint density at radius 1 is 1.35 bits per heavy atom. The Labute approximate surface area is 131 Å². The van der Waals surface area contributed by atoms with Crippen molar-refractivity contribution in [2.24, 2.45) is 0 Å². The molecule has 1 amide bonds. The van der Waals surface area contributed by atoms with E-state index >= 15 is 0 Å². The minimum absolute atomic E-state index is 0.197. The summed E-state index contributed by atoms with van der Waals surface area (Å²) in [5, 5.41) is 4.27. The normalized spacial score (nSPS) is 14.5. The molecular weight excluding hydrogens is 365 g/mol. The summed E-state index contributed by atoms with van der Waals surface area (Å²) < 4.78 is 3.10. The molecule has 3 rings (SSSR count). The molecule has 0 spiro atoms. The SMILES string of the molecule is CCn1cc(CN2C(=O)CCc3cc(I)ccc32)cn1. The van der Waals surface area contributed by atoms with Crippen molar-refractivity contribution in [1.29, 1.82) is 0 Å². The number of fused-ring (bicyclic) bond motifs is 1. The number of nitrogens with zero attached hydrogens (tertiary/aromatic N) is 3. The molecule has 1 aromatic carbocycles. The van der Waals surface area contributed by atoms with Crippen LogP contribution in [0.25, 0.3) is 0 Å². The lowest BCUT2D eigenvalue weighted by atomic mass is 10.0. The van der Waals surface area contributed by atoms with Crippen LogP contribution < -0.4 is 4.90 Å². The Balaban J connectivity index is 1.90. The molecule has 4 nitrogen and oxygen atoms in total. The Morgan fingerprint density at radius 3 is 2.95 bits per heavy atom. The van der Waals surface area contributed by atoms with E-state index in [1.54, 1.807) is 0 Å². The summed E-state index contributed by atoms with van der Waals surface area (Å²) in [6.07, 6.45) is 5.29. The van der Waals surface area contributed by atoms with E-state index in [-0.39, 0.29) is 5.91 Å². The minimum atomic E-state index is 0.197. The largest absolute Gasteiger partial charge is 0.308 e. The standard InChI is InChI=1S/C15H16IN3O/c1-2-18-9-11(8-17-18)10-19-14-5-4-13(16)7-12(14)3-6-15(19)20/h4-5,7-9H,2-3,6,10H2,1H3. The van der Waals surface area contributed by atoms with E-state index < -0.39 is 0 Å². The lowest BCUT2D eigenvalue weighted by molar-refractivity contribution is -0.119. The van der Waals surface area contributed by atoms with E-state index in [1.807, 2.05) is 22.0 Å². The first kappa shape index (κ1) is 13.6. The Bertz CT molecular complexity index is 650. The molecule has 0 atom stereocenters. The van der Waals surface area contributed by atoms with E-state index in [0.29, 0.717) is 13.0 Å². The highest BCUT2D eigenvalue weighted by Gasteiger charge is 2.24. The van der Waals surface area contributed by atoms with E-state index in [0.717, 1.165) is 24.2 Å². The predicted octanol–water partition coefficient (Wildman–Crippen LogP) is 2.99. The zero-order chi connectivity index (χ0) is 14.1. The Kier molecular flexibility index (Phi) is 3.78. The summed E-state index contributed by atoms with van der Waals surface area (Å²) in [6.45, 7) is 3.51. The van der Waals surface area contributed by atoms with Crippen molar-refractivity contribution in [2.75, 3.05) is 4.90 Å². The van der Waals surface area contributed by atoms with Crippen molar-refractivity contribution in [3.8, 4) is 0 Å². The number of halogens is 1. The topological polar surface area (TPSA) is 38.1 Å². The highest BCUT2D eigenvalue weighted by Crippen LogP contribution is 2.30. The van der Waals surface area contributed by atoms with Gasteiger partial charge in [0, 0.05) is 34.0 Å². The number of carbonyl (C=O) groups excluding carboxylic acids is 1. The van der Waals surface area contributed by atoms with Gasteiger partial charge in [-0.15, -0.1) is 0 Å². The van der Waals surface area contributed by atoms with Crippen molar-refractivity contribution in [3.05, 3.63) is 45.3 Å². The molecule has 2 heterocycles. The molecule has 1 aromatic heterocycles. The second kappa shape index (κ2) is 5.55. The number of aromatic nitrogens is 2. The quantitative estimate of drug-likeness (QED) is 0.767. The van der Waals surface area contributed by atoms with Crippen LogP contribution in [0, 0.1) is 3.57 Å². The van der Waals surface area contributed by atoms with Gasteiger partial charge in [0.2, 0.25) is 5.91 Å². The van der Waals surface area contributed by atoms with Gasteiger partial charge >= 0.3 is 0 Å². The van der Waals surface area contributed by atoms with Crippen LogP contribution in [0.4, 0.5) is 5.69 Å². The zero-order valence-corrected chi connectivity index (χ0v) is 13.5. The molecule has 0 saturated heterocycles. The minimum Gasteiger partial charge on any atom is -0.308 e. The highest BCUT2D eigenvalue weighted by atomic mass is 127. The number of anilines is 1. The van der Waals surface area contributed by atoms with Crippen molar-refractivity contribution >= 4 is 34.2 Å². The van der Waals surface area contributed by atoms with Gasteiger partial charge < -0.3 is 4.90 Å². The van der Waals surface area contributed by atoms with Crippen molar-refractivity contribution in [1.82, 2.24) is 9.78 Å². The van der Waals surface area contributed by atoms with E-state index in [9.17, 15) is 4.79 Å². The lowest BCUT2D eigenvalue weighted by Gasteiger charge is -2.29. The number of carbonyl (C=O) groups is 1. The van der Waals surface area contributed by atoms with Crippen LogP contribution in [-0.2, 0) is 24.3 Å². The average Bonchev–Trinajstić information content (AvgIpc) is 2.90. The molecule has 104 valence electrons. The molecule has 0 N–H and O–H groups in total. The molecule has 0 saturated carbocycles. The van der Waals surface area contributed by atoms with Crippen LogP contribution in [0.5, 0.6) is 0 Å². The third-order valence-electron chi connectivity index (χ3n) is 3.59. The second-order valence-corrected chi connectivity index (χ2v) is 6.20. The van der Waals surface area contributed by atoms with Crippen LogP contribution >= 0.6 is 22.6 Å². The molecule has 2 aromatic rings. The molecule has 0 aliphatic carbocycles. The van der Waals surface area contributed by atoms with Crippen molar-refractivity contribution in [2.45, 2.75) is 32.9 Å². The number of aryl methyl sites for hydroxylation is 2. The Morgan fingerprint density at radius 2 is 2.20 bits per heavy atom. The van der Waals surface area contributed by atoms with Gasteiger partial charge in [-0.25, -0.2) is 0 Å². The first-order chi connectivity index (χ1) is 9.67. The molecule has 0 unspecified atom stereocenters. The average molecular weight is 381 g/mol. The van der Waals surface area contributed by atoms with Gasteiger partial charge in [0.1, 0.15) is 0 Å². The third kappa shape index (κ3) is 2.59. The zero-order valence-electron chi connectivity index (χ0n) is 11.3. The molecular formula is C15H16IN3O. The number of rotatable bonds is 3. The molecule has 0 fully saturated rings. The van der Waals surface area contributed by atoms with Crippen molar-refractivity contribution < 1.29 is 4.79 Å². The summed E-state index contributed by atoms with van der Waals surface area (Å²) in [5.41, 5.74) is 3.39. The van der Waals surface area contributed by atoms with Crippen molar-refractivity contribution in [3.63, 3.8) is 0 Å². The first-order valence-corrected chi connectivity index (χ1v) is 7.85. The van der Waals surface area contributed by atoms with E-state index in [2.05, 4.69) is 52.8 Å². The maximum atomic E-state index is 12.2. The van der Waals surface area contributed by atoms with Gasteiger partial charge in [-0.3, -0.25) is 9.48 Å². The maximum Gasteiger partial charge on any atom is 0.227 e. The summed E-state index contributed by atoms with van der Waals surface area (Å²) in [5.74, 6) is 0.197. The summed E-state index contributed by atoms with van der Waals surface area (Å²) >= 11 is 2.31. The van der Waals surface area contributed by atoms with Gasteiger partial charge in [-0.2, -0.15) is 5.10 Å². The van der Waals surface area contributed by atoms with Crippen LogP contribution in [0.15, 0.2) is 30.6 Å². The van der Waals surface area contributed by atoms with Crippen LogP contribution in [0.2, 0.25) is 0 Å². The monoisotopic (exact) mass is 381 g/mol. The Hall–Kier alpha value is -1.37. The third-order valence-corrected chi connectivity index (χ3v) is 4.26. The summed E-state index contributed by atoms with van der Waals surface area (Å²) in [4.78, 5) is 14.1. The molecule has 0 bridgehead atoms. The fourth-order valence-corrected chi connectivity index (χ4v) is 3.10. The first-order valence-electron chi connectivity index (χ1n) is 6.77. The molecule has 1 aliphatic rings. The predicted molar refractivity (Wildman–Crippen MR) is 86.6 cm³/mol. The van der Waals surface area contributed by atoms with Crippen LogP contribution in [0.3, 0.4) is 0 Å². The summed E-state index contributed by atoms with van der Waals surface area (Å²) in [7, 11) is 0. The summed E-state index contributed by atoms with van der Waals surface area (Å²) in [6, 6.07) is 6.28. The molecule has 5 heteroatoms. The van der Waals surface area contributed by atoms with E-state index in [1.165, 1.54) is 9.13 Å². The number of hydrogen-bond acceptors (Lipinski definition) is 2. The van der Waals surface area contributed by atoms with Gasteiger partial charge in [0.15, 0.2) is 0 Å². The molecule has 1 aliphatic heterocycles. The van der Waals surface area contributed by atoms with Gasteiger partial charge in [-0.1, -0.05) is 0 Å². The molecule has 20 heavy (non-hydrogen) atoms. The highest BCUT2D eigenvalue weighted by molar-refractivity contribution is 14.1. The number of benzene rings is 1. The van der Waals surface area contributed by atoms with Crippen LogP contribution in [0.1, 0.15) is 24.5 Å². The molecule has 0 radical (unpaired) electrons. The van der Waals surface area contributed by atoms with Crippen LogP contribution in [-0.4, -0.2) is 15.7 Å². The van der Waals surface area contributed by atoms with E-state index in [4.69, 9.17) is 0 Å². The van der Waals surface area contributed by atoms with Gasteiger partial charge in [-0.05, 0) is 59.7 Å². The second-order valence-electron chi connectivity index (χ2n) is 4.96. The maximum absolute atomic E-state index is 12.2. The fourth-order valence-electron chi connectivity index (χ4n) is 2.55. The number of amides is 1. The fraction of sp³-hybridized carbons (Fsp3) is 0.333. The lowest BCUT2D eigenvalue weighted by Crippen LogP contribution is -2.34. The smallest absolute Gasteiger partial charge is 0.227 e.